The summed E-state index contributed by atoms with van der Waals surface area (Å²) in [6.45, 7) is 1.67. The van der Waals surface area contributed by atoms with Gasteiger partial charge >= 0.3 is 6.09 Å². The van der Waals surface area contributed by atoms with Crippen LogP contribution in [-0.4, -0.2) is 35.1 Å². The maximum absolute atomic E-state index is 11.2. The maximum atomic E-state index is 11.2. The van der Waals surface area contributed by atoms with Gasteiger partial charge in [-0.05, 0) is 12.5 Å². The molecule has 0 fully saturated rings. The normalized spacial score (nSPS) is 10.3. The van der Waals surface area contributed by atoms with E-state index in [1.165, 1.54) is 11.8 Å². The summed E-state index contributed by atoms with van der Waals surface area (Å²) in [6, 6.07) is 7.49. The fourth-order valence-electron chi connectivity index (χ4n) is 1.91. The third-order valence-electron chi connectivity index (χ3n) is 3.09. The van der Waals surface area contributed by atoms with Crippen LogP contribution in [0.5, 0.6) is 0 Å². The second kappa shape index (κ2) is 7.68. The Morgan fingerprint density at radius 1 is 1.30 bits per heavy atom. The number of thioether (sulfide) groups is 1. The first-order valence-corrected chi connectivity index (χ1v) is 8.00. The molecule has 0 atom stereocenters. The molecule has 2 aromatic rings. The summed E-state index contributed by atoms with van der Waals surface area (Å²) in [7, 11) is 1.61. The summed E-state index contributed by atoms with van der Waals surface area (Å²) in [6.07, 6.45) is -1.17. The van der Waals surface area contributed by atoms with Gasteiger partial charge in [0.15, 0.2) is 5.76 Å². The van der Waals surface area contributed by atoms with Gasteiger partial charge in [-0.15, -0.1) is 11.8 Å². The van der Waals surface area contributed by atoms with Gasteiger partial charge in [0.25, 0.3) is 0 Å². The number of amides is 2. The summed E-state index contributed by atoms with van der Waals surface area (Å²) >= 11 is 1.52. The molecule has 1 aromatic carbocycles. The third-order valence-corrected chi connectivity index (χ3v) is 4.10. The van der Waals surface area contributed by atoms with Crippen molar-refractivity contribution < 1.29 is 19.2 Å². The second-order valence-corrected chi connectivity index (χ2v) is 5.75. The number of hydrogen-bond acceptors (Lipinski definition) is 5. The van der Waals surface area contributed by atoms with Gasteiger partial charge in [-0.25, -0.2) is 4.79 Å². The van der Waals surface area contributed by atoms with Crippen molar-refractivity contribution in [3.8, 4) is 11.3 Å². The van der Waals surface area contributed by atoms with Gasteiger partial charge in [-0.2, -0.15) is 0 Å². The number of benzene rings is 1. The Bertz CT molecular complexity index is 697. The van der Waals surface area contributed by atoms with Crippen LogP contribution in [-0.2, 0) is 10.5 Å². The van der Waals surface area contributed by atoms with E-state index in [2.05, 4.69) is 15.8 Å². The van der Waals surface area contributed by atoms with Gasteiger partial charge in [0.1, 0.15) is 11.4 Å². The van der Waals surface area contributed by atoms with Crippen molar-refractivity contribution >= 4 is 29.4 Å². The average molecular weight is 335 g/mol. The molecule has 2 amide bonds. The lowest BCUT2D eigenvalue weighted by Gasteiger charge is -2.04. The number of aryl methyl sites for hydroxylation is 1. The van der Waals surface area contributed by atoms with Crippen LogP contribution in [0.3, 0.4) is 0 Å². The van der Waals surface area contributed by atoms with Gasteiger partial charge in [0, 0.05) is 18.4 Å². The molecule has 0 bridgehead atoms. The topological polar surface area (TPSA) is 104 Å². The zero-order valence-electron chi connectivity index (χ0n) is 12.8. The Morgan fingerprint density at radius 2 is 2.00 bits per heavy atom. The number of anilines is 1. The Kier molecular flexibility index (Phi) is 5.64. The number of nitrogens with zero attached hydrogens (tertiary/aromatic N) is 1. The van der Waals surface area contributed by atoms with Crippen LogP contribution in [0.25, 0.3) is 11.3 Å². The smallest absolute Gasteiger partial charge is 0.409 e. The Labute approximate surface area is 137 Å². The van der Waals surface area contributed by atoms with Gasteiger partial charge in [-0.1, -0.05) is 29.4 Å². The predicted octanol–water partition coefficient (Wildman–Crippen LogP) is 2.72. The highest BCUT2D eigenvalue weighted by molar-refractivity contribution is 7.99. The van der Waals surface area contributed by atoms with Gasteiger partial charge in [-0.3, -0.25) is 10.1 Å². The molecule has 2 rings (SSSR count). The van der Waals surface area contributed by atoms with E-state index in [4.69, 9.17) is 9.63 Å². The molecule has 1 heterocycles. The number of hydrogen-bond donors (Lipinski definition) is 3. The largest absolute Gasteiger partial charge is 0.465 e. The highest BCUT2D eigenvalue weighted by atomic mass is 32.2. The van der Waals surface area contributed by atoms with Crippen molar-refractivity contribution in [3.63, 3.8) is 0 Å². The maximum Gasteiger partial charge on any atom is 0.409 e. The minimum Gasteiger partial charge on any atom is -0.465 e. The first kappa shape index (κ1) is 16.9. The molecule has 0 saturated heterocycles. The summed E-state index contributed by atoms with van der Waals surface area (Å²) in [5, 5.41) is 17.5. The van der Waals surface area contributed by atoms with Crippen molar-refractivity contribution in [1.29, 1.82) is 0 Å². The van der Waals surface area contributed by atoms with Gasteiger partial charge in [0.2, 0.25) is 5.91 Å². The molecular formula is C15H17N3O4S. The van der Waals surface area contributed by atoms with Gasteiger partial charge < -0.3 is 14.9 Å². The van der Waals surface area contributed by atoms with Gasteiger partial charge in [0.05, 0.1) is 5.75 Å². The van der Waals surface area contributed by atoms with Crippen molar-refractivity contribution in [1.82, 2.24) is 10.5 Å². The van der Waals surface area contributed by atoms with Crippen molar-refractivity contribution in [2.45, 2.75) is 12.7 Å². The Hall–Kier alpha value is -2.48. The molecule has 122 valence electrons. The molecule has 0 aliphatic carbocycles. The summed E-state index contributed by atoms with van der Waals surface area (Å²) in [5.74, 6) is 1.50. The highest BCUT2D eigenvalue weighted by Gasteiger charge is 2.16. The quantitative estimate of drug-likeness (QED) is 0.750. The zero-order chi connectivity index (χ0) is 16.8. The van der Waals surface area contributed by atoms with E-state index in [1.807, 2.05) is 24.3 Å². The van der Waals surface area contributed by atoms with Crippen LogP contribution in [0.2, 0.25) is 0 Å². The molecule has 1 aromatic heterocycles. The van der Waals surface area contributed by atoms with Crippen LogP contribution in [0, 0.1) is 6.92 Å². The molecule has 0 saturated carbocycles. The lowest BCUT2D eigenvalue weighted by atomic mass is 10.1. The molecule has 3 N–H and O–H groups in total. The summed E-state index contributed by atoms with van der Waals surface area (Å²) in [5.41, 5.74) is 2.62. The van der Waals surface area contributed by atoms with Crippen LogP contribution < -0.4 is 10.6 Å². The van der Waals surface area contributed by atoms with E-state index >= 15 is 0 Å². The molecule has 7 nitrogen and oxygen atoms in total. The van der Waals surface area contributed by atoms with E-state index in [1.54, 1.807) is 14.0 Å². The number of rotatable bonds is 6. The second-order valence-electron chi connectivity index (χ2n) is 4.77. The average Bonchev–Trinajstić information content (AvgIpc) is 2.88. The molecule has 0 spiro atoms. The third kappa shape index (κ3) is 4.49. The van der Waals surface area contributed by atoms with Crippen LogP contribution in [0.15, 0.2) is 28.8 Å². The number of carbonyl (C=O) groups excluding carboxylic acids is 1. The minimum absolute atomic E-state index is 0.00635. The van der Waals surface area contributed by atoms with E-state index in [9.17, 15) is 9.59 Å². The standard InChI is InChI=1S/C15H17N3O4S/c1-9-13(17-15(20)21)14(22-18-9)11-5-3-10(4-6-11)7-23-8-12(19)16-2/h3-6,17H,7-8H2,1-2H3,(H,16,19)(H,20,21). The summed E-state index contributed by atoms with van der Waals surface area (Å²) in [4.78, 5) is 22.0. The molecule has 8 heteroatoms. The lowest BCUT2D eigenvalue weighted by Crippen LogP contribution is -2.19. The van der Waals surface area contributed by atoms with Crippen LogP contribution in [0.1, 0.15) is 11.3 Å². The van der Waals surface area contributed by atoms with E-state index in [0.29, 0.717) is 28.6 Å². The molecule has 0 aliphatic heterocycles. The van der Waals surface area contributed by atoms with Crippen molar-refractivity contribution in [2.24, 2.45) is 0 Å². The van der Waals surface area contributed by atoms with E-state index in [-0.39, 0.29) is 5.91 Å². The van der Waals surface area contributed by atoms with Crippen molar-refractivity contribution in [2.75, 3.05) is 18.1 Å². The Morgan fingerprint density at radius 3 is 2.61 bits per heavy atom. The van der Waals surface area contributed by atoms with Crippen molar-refractivity contribution in [3.05, 3.63) is 35.5 Å². The number of carbonyl (C=O) groups is 2. The number of nitrogens with one attached hydrogen (secondary N) is 2. The van der Waals surface area contributed by atoms with Crippen LogP contribution >= 0.6 is 11.8 Å². The number of aromatic nitrogens is 1. The SMILES string of the molecule is CNC(=O)CSCc1ccc(-c2onc(C)c2NC(=O)O)cc1. The first-order chi connectivity index (χ1) is 11.0. The fourth-order valence-corrected chi connectivity index (χ4v) is 2.77. The Balaban J connectivity index is 2.08. The zero-order valence-corrected chi connectivity index (χ0v) is 13.6. The van der Waals surface area contributed by atoms with Crippen LogP contribution in [0.4, 0.5) is 10.5 Å². The molecular weight excluding hydrogens is 318 g/mol. The predicted molar refractivity (Wildman–Crippen MR) is 88.6 cm³/mol. The molecule has 0 radical (unpaired) electrons. The number of carboxylic acid groups (broad SMARTS) is 1. The summed E-state index contributed by atoms with van der Waals surface area (Å²) < 4.78 is 5.22. The molecule has 0 unspecified atom stereocenters. The fraction of sp³-hybridized carbons (Fsp3) is 0.267. The van der Waals surface area contributed by atoms with E-state index < -0.39 is 6.09 Å². The molecule has 23 heavy (non-hydrogen) atoms. The first-order valence-electron chi connectivity index (χ1n) is 6.85. The van der Waals surface area contributed by atoms with E-state index in [0.717, 1.165) is 11.1 Å². The lowest BCUT2D eigenvalue weighted by molar-refractivity contribution is -0.118. The minimum atomic E-state index is -1.17. The monoisotopic (exact) mass is 335 g/mol. The molecule has 0 aliphatic rings. The highest BCUT2D eigenvalue weighted by Crippen LogP contribution is 2.31.